The Hall–Kier alpha value is -3.11. The number of nitrogens with zero attached hydrogens (tertiary/aromatic N) is 1. The van der Waals surface area contributed by atoms with Gasteiger partial charge in [-0.05, 0) is 79.8 Å². The topological polar surface area (TPSA) is 37.4 Å². The van der Waals surface area contributed by atoms with Crippen LogP contribution in [-0.4, -0.2) is 11.8 Å². The first kappa shape index (κ1) is 20.2. The van der Waals surface area contributed by atoms with Gasteiger partial charge in [0.15, 0.2) is 0 Å². The fraction of sp³-hybridized carbons (Fsp3) is 0.154. The molecular weight excluding hydrogens is 390 g/mol. The molecule has 0 radical (unpaired) electrons. The Balaban J connectivity index is 1.86. The van der Waals surface area contributed by atoms with Gasteiger partial charge in [0, 0.05) is 4.90 Å². The number of aryl methyl sites for hydroxylation is 4. The number of imide groups is 1. The Morgan fingerprint density at radius 2 is 1.37 bits per heavy atom. The third kappa shape index (κ3) is 3.71. The molecule has 0 bridgehead atoms. The number of rotatable bonds is 4. The van der Waals surface area contributed by atoms with Crippen LogP contribution < -0.4 is 4.90 Å². The molecule has 4 heteroatoms. The molecule has 0 atom stereocenters. The predicted octanol–water partition coefficient (Wildman–Crippen LogP) is 6.00. The molecule has 0 fully saturated rings. The molecule has 0 saturated carbocycles. The standard InChI is InChI=1S/C26H23NO2S/c1-16-12-17(2)14-21(13-16)27-25(28)23(20-11-10-18(3)19(4)15-20)24(26(27)29)30-22-8-6-5-7-9-22/h5-15H,1-4H3. The Bertz CT molecular complexity index is 1170. The third-order valence-electron chi connectivity index (χ3n) is 5.26. The maximum Gasteiger partial charge on any atom is 0.272 e. The Labute approximate surface area is 181 Å². The van der Waals surface area contributed by atoms with Crippen molar-refractivity contribution in [1.82, 2.24) is 0 Å². The van der Waals surface area contributed by atoms with Crippen LogP contribution in [0.1, 0.15) is 27.8 Å². The lowest BCUT2D eigenvalue weighted by Crippen LogP contribution is -2.31. The molecule has 0 saturated heterocycles. The monoisotopic (exact) mass is 413 g/mol. The smallest absolute Gasteiger partial charge is 0.268 e. The number of amides is 2. The first-order valence-electron chi connectivity index (χ1n) is 9.87. The summed E-state index contributed by atoms with van der Waals surface area (Å²) in [5.41, 5.74) is 6.14. The molecule has 0 unspecified atom stereocenters. The van der Waals surface area contributed by atoms with Crippen LogP contribution >= 0.6 is 11.8 Å². The van der Waals surface area contributed by atoms with Crippen LogP contribution in [0.15, 0.2) is 76.5 Å². The first-order valence-corrected chi connectivity index (χ1v) is 10.7. The van der Waals surface area contributed by atoms with Crippen molar-refractivity contribution in [2.75, 3.05) is 4.90 Å². The van der Waals surface area contributed by atoms with E-state index in [1.165, 1.54) is 16.7 Å². The van der Waals surface area contributed by atoms with E-state index in [-0.39, 0.29) is 11.8 Å². The molecule has 3 nitrogen and oxygen atoms in total. The van der Waals surface area contributed by atoms with Crippen molar-refractivity contribution in [2.45, 2.75) is 32.6 Å². The van der Waals surface area contributed by atoms with Gasteiger partial charge in [0.25, 0.3) is 11.8 Å². The van der Waals surface area contributed by atoms with Gasteiger partial charge in [0.2, 0.25) is 0 Å². The summed E-state index contributed by atoms with van der Waals surface area (Å²) in [7, 11) is 0. The van der Waals surface area contributed by atoms with E-state index in [4.69, 9.17) is 0 Å². The van der Waals surface area contributed by atoms with Crippen LogP contribution in [0.25, 0.3) is 5.57 Å². The van der Waals surface area contributed by atoms with E-state index in [2.05, 4.69) is 0 Å². The van der Waals surface area contributed by atoms with E-state index >= 15 is 0 Å². The molecule has 1 aliphatic heterocycles. The molecule has 150 valence electrons. The molecule has 0 aliphatic carbocycles. The van der Waals surface area contributed by atoms with Gasteiger partial charge >= 0.3 is 0 Å². The summed E-state index contributed by atoms with van der Waals surface area (Å²) in [6.45, 7) is 8.00. The molecule has 2 amide bonds. The number of benzene rings is 3. The molecule has 4 rings (SSSR count). The normalized spacial score (nSPS) is 14.1. The maximum atomic E-state index is 13.6. The molecule has 1 heterocycles. The number of hydrogen-bond acceptors (Lipinski definition) is 3. The van der Waals surface area contributed by atoms with E-state index < -0.39 is 0 Å². The molecule has 1 aliphatic rings. The van der Waals surface area contributed by atoms with Crippen molar-refractivity contribution in [3.05, 3.63) is 99.5 Å². The minimum Gasteiger partial charge on any atom is -0.268 e. The van der Waals surface area contributed by atoms with Crippen molar-refractivity contribution < 1.29 is 9.59 Å². The number of thioether (sulfide) groups is 1. The summed E-state index contributed by atoms with van der Waals surface area (Å²) in [4.78, 5) is 29.8. The average molecular weight is 414 g/mol. The van der Waals surface area contributed by atoms with Crippen LogP contribution in [0.4, 0.5) is 5.69 Å². The Kier molecular flexibility index (Phi) is 5.35. The summed E-state index contributed by atoms with van der Waals surface area (Å²) < 4.78 is 0. The van der Waals surface area contributed by atoms with E-state index in [0.29, 0.717) is 16.2 Å². The minimum absolute atomic E-state index is 0.271. The van der Waals surface area contributed by atoms with Gasteiger partial charge in [0.1, 0.15) is 0 Å². The quantitative estimate of drug-likeness (QED) is 0.493. The van der Waals surface area contributed by atoms with Crippen LogP contribution in [0.5, 0.6) is 0 Å². The molecule has 0 spiro atoms. The summed E-state index contributed by atoms with van der Waals surface area (Å²) in [5.74, 6) is -0.543. The first-order chi connectivity index (χ1) is 14.3. The predicted molar refractivity (Wildman–Crippen MR) is 124 cm³/mol. The average Bonchev–Trinajstić information content (AvgIpc) is 2.94. The number of carbonyl (C=O) groups is 2. The lowest BCUT2D eigenvalue weighted by Gasteiger charge is -2.17. The maximum absolute atomic E-state index is 13.6. The number of carbonyl (C=O) groups excluding carboxylic acids is 2. The largest absolute Gasteiger partial charge is 0.272 e. The van der Waals surface area contributed by atoms with Gasteiger partial charge in [-0.1, -0.05) is 54.2 Å². The summed E-state index contributed by atoms with van der Waals surface area (Å²) >= 11 is 1.35. The second kappa shape index (κ2) is 7.96. The van der Waals surface area contributed by atoms with Gasteiger partial charge < -0.3 is 0 Å². The fourth-order valence-corrected chi connectivity index (χ4v) is 4.69. The van der Waals surface area contributed by atoms with Gasteiger partial charge in [-0.2, -0.15) is 0 Å². The SMILES string of the molecule is Cc1cc(C)cc(N2C(=O)C(Sc3ccccc3)=C(c3ccc(C)c(C)c3)C2=O)c1. The highest BCUT2D eigenvalue weighted by molar-refractivity contribution is 8.04. The van der Waals surface area contributed by atoms with Crippen molar-refractivity contribution in [1.29, 1.82) is 0 Å². The van der Waals surface area contributed by atoms with E-state index in [1.807, 2.05) is 94.4 Å². The molecule has 0 N–H and O–H groups in total. The van der Waals surface area contributed by atoms with Gasteiger partial charge in [-0.25, -0.2) is 4.90 Å². The Morgan fingerprint density at radius 1 is 0.700 bits per heavy atom. The van der Waals surface area contributed by atoms with Crippen LogP contribution in [0, 0.1) is 27.7 Å². The second-order valence-electron chi connectivity index (χ2n) is 7.71. The molecule has 3 aromatic rings. The minimum atomic E-state index is -0.272. The number of anilines is 1. The van der Waals surface area contributed by atoms with Crippen molar-refractivity contribution in [3.63, 3.8) is 0 Å². The van der Waals surface area contributed by atoms with Crippen LogP contribution in [-0.2, 0) is 9.59 Å². The Morgan fingerprint density at radius 3 is 2.00 bits per heavy atom. The zero-order chi connectivity index (χ0) is 21.4. The number of hydrogen-bond donors (Lipinski definition) is 0. The summed E-state index contributed by atoms with van der Waals surface area (Å²) in [6, 6.07) is 21.4. The highest BCUT2D eigenvalue weighted by Crippen LogP contribution is 2.41. The second-order valence-corrected chi connectivity index (χ2v) is 8.79. The van der Waals surface area contributed by atoms with Gasteiger partial charge in [-0.15, -0.1) is 0 Å². The van der Waals surface area contributed by atoms with Crippen molar-refractivity contribution >= 4 is 34.8 Å². The summed E-state index contributed by atoms with van der Waals surface area (Å²) in [6.07, 6.45) is 0. The van der Waals surface area contributed by atoms with E-state index in [1.54, 1.807) is 0 Å². The van der Waals surface area contributed by atoms with Crippen molar-refractivity contribution in [2.24, 2.45) is 0 Å². The molecule has 3 aromatic carbocycles. The van der Waals surface area contributed by atoms with Gasteiger partial charge in [-0.3, -0.25) is 9.59 Å². The summed E-state index contributed by atoms with van der Waals surface area (Å²) in [5, 5.41) is 0. The van der Waals surface area contributed by atoms with Gasteiger partial charge in [0.05, 0.1) is 16.2 Å². The lowest BCUT2D eigenvalue weighted by molar-refractivity contribution is -0.119. The zero-order valence-electron chi connectivity index (χ0n) is 17.5. The lowest BCUT2D eigenvalue weighted by atomic mass is 10.0. The highest BCUT2D eigenvalue weighted by Gasteiger charge is 2.40. The van der Waals surface area contributed by atoms with Crippen LogP contribution in [0.3, 0.4) is 0 Å². The highest BCUT2D eigenvalue weighted by atomic mass is 32.2. The molecule has 0 aromatic heterocycles. The fourth-order valence-electron chi connectivity index (χ4n) is 3.68. The van der Waals surface area contributed by atoms with Crippen LogP contribution in [0.2, 0.25) is 0 Å². The van der Waals surface area contributed by atoms with E-state index in [9.17, 15) is 9.59 Å². The zero-order valence-corrected chi connectivity index (χ0v) is 18.3. The van der Waals surface area contributed by atoms with Crippen molar-refractivity contribution in [3.8, 4) is 0 Å². The molecule has 30 heavy (non-hydrogen) atoms. The third-order valence-corrected chi connectivity index (χ3v) is 6.36. The van der Waals surface area contributed by atoms with E-state index in [0.717, 1.165) is 32.7 Å². The molecular formula is C26H23NO2S.